The van der Waals surface area contributed by atoms with Crippen molar-refractivity contribution in [1.29, 1.82) is 0 Å². The second-order valence-electron chi connectivity index (χ2n) is 3.80. The summed E-state index contributed by atoms with van der Waals surface area (Å²) in [6.07, 6.45) is 2.73. The van der Waals surface area contributed by atoms with E-state index in [0.717, 1.165) is 34.4 Å². The Morgan fingerprint density at radius 1 is 1.28 bits per heavy atom. The van der Waals surface area contributed by atoms with Crippen LogP contribution in [0.5, 0.6) is 0 Å². The standard InChI is InChI=1S/C12H12N4OS/c1-2-8-18-12-14-13-11-6-5-9(15-16(11)12)10-4-3-7-17-10/h3-7H,2,8H2,1H3. The van der Waals surface area contributed by atoms with Crippen LogP contribution in [0.3, 0.4) is 0 Å². The van der Waals surface area contributed by atoms with Gasteiger partial charge >= 0.3 is 0 Å². The Bertz CT molecular complexity index is 647. The van der Waals surface area contributed by atoms with Crippen LogP contribution in [0.1, 0.15) is 13.3 Å². The summed E-state index contributed by atoms with van der Waals surface area (Å²) in [5.41, 5.74) is 1.54. The lowest BCUT2D eigenvalue weighted by molar-refractivity contribution is 0.577. The van der Waals surface area contributed by atoms with Crippen LogP contribution in [0.25, 0.3) is 17.1 Å². The molecule has 0 saturated heterocycles. The molecule has 0 atom stereocenters. The molecular weight excluding hydrogens is 248 g/mol. The largest absolute Gasteiger partial charge is 0.463 e. The molecule has 3 aromatic rings. The summed E-state index contributed by atoms with van der Waals surface area (Å²) in [5, 5.41) is 13.6. The third-order valence-corrected chi connectivity index (χ3v) is 3.57. The van der Waals surface area contributed by atoms with Crippen LogP contribution in [-0.4, -0.2) is 25.6 Å². The number of furan rings is 1. The smallest absolute Gasteiger partial charge is 0.212 e. The highest BCUT2D eigenvalue weighted by atomic mass is 32.2. The van der Waals surface area contributed by atoms with E-state index in [9.17, 15) is 0 Å². The number of aromatic nitrogens is 4. The van der Waals surface area contributed by atoms with E-state index in [4.69, 9.17) is 4.42 Å². The summed E-state index contributed by atoms with van der Waals surface area (Å²) in [6, 6.07) is 7.52. The van der Waals surface area contributed by atoms with Crippen LogP contribution < -0.4 is 0 Å². The minimum Gasteiger partial charge on any atom is -0.463 e. The van der Waals surface area contributed by atoms with Gasteiger partial charge in [-0.3, -0.25) is 0 Å². The first-order valence-corrected chi connectivity index (χ1v) is 6.76. The zero-order chi connectivity index (χ0) is 12.4. The zero-order valence-corrected chi connectivity index (χ0v) is 10.7. The number of nitrogens with zero attached hydrogens (tertiary/aromatic N) is 4. The van der Waals surface area contributed by atoms with Gasteiger partial charge in [0.1, 0.15) is 5.69 Å². The molecule has 0 fully saturated rings. The van der Waals surface area contributed by atoms with E-state index in [-0.39, 0.29) is 0 Å². The molecule has 92 valence electrons. The van der Waals surface area contributed by atoms with Gasteiger partial charge in [0, 0.05) is 5.75 Å². The van der Waals surface area contributed by atoms with Crippen LogP contribution >= 0.6 is 11.8 Å². The highest BCUT2D eigenvalue weighted by Crippen LogP contribution is 2.21. The third-order valence-electron chi connectivity index (χ3n) is 2.44. The van der Waals surface area contributed by atoms with Gasteiger partial charge in [-0.1, -0.05) is 18.7 Å². The third kappa shape index (κ3) is 1.99. The molecule has 0 saturated carbocycles. The van der Waals surface area contributed by atoms with Crippen molar-refractivity contribution in [3.63, 3.8) is 0 Å². The molecule has 5 nitrogen and oxygen atoms in total. The molecule has 0 aliphatic carbocycles. The van der Waals surface area contributed by atoms with Crippen molar-refractivity contribution in [2.75, 3.05) is 5.75 Å². The SMILES string of the molecule is CCCSc1nnc2ccc(-c3ccco3)nn12. The lowest BCUT2D eigenvalue weighted by Crippen LogP contribution is -1.96. The molecule has 0 aliphatic rings. The van der Waals surface area contributed by atoms with Crippen molar-refractivity contribution in [3.8, 4) is 11.5 Å². The molecule has 3 aromatic heterocycles. The lowest BCUT2D eigenvalue weighted by Gasteiger charge is -1.99. The maximum Gasteiger partial charge on any atom is 0.212 e. The Labute approximate surface area is 108 Å². The maximum absolute atomic E-state index is 5.34. The molecule has 0 N–H and O–H groups in total. The topological polar surface area (TPSA) is 56.2 Å². The van der Waals surface area contributed by atoms with Crippen LogP contribution in [0.4, 0.5) is 0 Å². The van der Waals surface area contributed by atoms with Gasteiger partial charge in [-0.15, -0.1) is 10.2 Å². The van der Waals surface area contributed by atoms with Crippen molar-refractivity contribution in [1.82, 2.24) is 19.8 Å². The van der Waals surface area contributed by atoms with Crippen molar-refractivity contribution in [2.45, 2.75) is 18.5 Å². The van der Waals surface area contributed by atoms with Crippen LogP contribution in [0, 0.1) is 0 Å². The highest BCUT2D eigenvalue weighted by molar-refractivity contribution is 7.99. The molecule has 0 aliphatic heterocycles. The molecule has 0 unspecified atom stereocenters. The first-order chi connectivity index (χ1) is 8.88. The van der Waals surface area contributed by atoms with Crippen molar-refractivity contribution in [3.05, 3.63) is 30.5 Å². The van der Waals surface area contributed by atoms with Gasteiger partial charge in [0.05, 0.1) is 6.26 Å². The van der Waals surface area contributed by atoms with Crippen molar-refractivity contribution < 1.29 is 4.42 Å². The van der Waals surface area contributed by atoms with Gasteiger partial charge in [-0.2, -0.15) is 9.61 Å². The fourth-order valence-electron chi connectivity index (χ4n) is 1.61. The zero-order valence-electron chi connectivity index (χ0n) is 9.91. The number of hydrogen-bond acceptors (Lipinski definition) is 5. The summed E-state index contributed by atoms with van der Waals surface area (Å²) < 4.78 is 7.10. The Kier molecular flexibility index (Phi) is 3.02. The molecule has 0 radical (unpaired) electrons. The first-order valence-electron chi connectivity index (χ1n) is 5.77. The van der Waals surface area contributed by atoms with Crippen molar-refractivity contribution >= 4 is 17.4 Å². The number of fused-ring (bicyclic) bond motifs is 1. The summed E-state index contributed by atoms with van der Waals surface area (Å²) >= 11 is 1.66. The van der Waals surface area contributed by atoms with Crippen LogP contribution in [0.15, 0.2) is 40.1 Å². The average Bonchev–Trinajstić information content (AvgIpc) is 3.05. The van der Waals surface area contributed by atoms with Gasteiger partial charge in [-0.05, 0) is 30.7 Å². The maximum atomic E-state index is 5.34. The average molecular weight is 260 g/mol. The van der Waals surface area contributed by atoms with E-state index in [1.165, 1.54) is 0 Å². The van der Waals surface area contributed by atoms with Gasteiger partial charge in [0.25, 0.3) is 0 Å². The Morgan fingerprint density at radius 2 is 2.22 bits per heavy atom. The molecule has 0 amide bonds. The molecule has 6 heteroatoms. The molecule has 0 bridgehead atoms. The Morgan fingerprint density at radius 3 is 3.00 bits per heavy atom. The molecule has 0 aromatic carbocycles. The predicted molar refractivity (Wildman–Crippen MR) is 69.5 cm³/mol. The second kappa shape index (κ2) is 4.81. The van der Waals surface area contributed by atoms with Crippen molar-refractivity contribution in [2.24, 2.45) is 0 Å². The van der Waals surface area contributed by atoms with Gasteiger partial charge in [-0.25, -0.2) is 0 Å². The fourth-order valence-corrected chi connectivity index (χ4v) is 2.35. The predicted octanol–water partition coefficient (Wildman–Crippen LogP) is 2.89. The molecule has 18 heavy (non-hydrogen) atoms. The van der Waals surface area contributed by atoms with E-state index in [1.807, 2.05) is 24.3 Å². The number of hydrogen-bond donors (Lipinski definition) is 0. The Hall–Kier alpha value is -1.82. The van der Waals surface area contributed by atoms with Gasteiger partial charge in [0.15, 0.2) is 11.4 Å². The fraction of sp³-hybridized carbons (Fsp3) is 0.250. The second-order valence-corrected chi connectivity index (χ2v) is 4.86. The molecule has 3 heterocycles. The Balaban J connectivity index is 2.04. The van der Waals surface area contributed by atoms with Crippen LogP contribution in [-0.2, 0) is 0 Å². The lowest BCUT2D eigenvalue weighted by atomic mass is 10.3. The van der Waals surface area contributed by atoms with E-state index < -0.39 is 0 Å². The minimum absolute atomic E-state index is 0.747. The number of rotatable bonds is 4. The molecule has 3 rings (SSSR count). The summed E-state index contributed by atoms with van der Waals surface area (Å²) in [5.74, 6) is 1.75. The van der Waals surface area contributed by atoms with E-state index in [1.54, 1.807) is 22.5 Å². The molecular formula is C12H12N4OS. The summed E-state index contributed by atoms with van der Waals surface area (Å²) in [4.78, 5) is 0. The van der Waals surface area contributed by atoms with E-state index in [2.05, 4.69) is 22.2 Å². The number of thioether (sulfide) groups is 1. The van der Waals surface area contributed by atoms with Gasteiger partial charge in [0.2, 0.25) is 5.16 Å². The van der Waals surface area contributed by atoms with E-state index in [0.29, 0.717) is 0 Å². The van der Waals surface area contributed by atoms with Gasteiger partial charge < -0.3 is 4.42 Å². The normalized spacial score (nSPS) is 11.2. The van der Waals surface area contributed by atoms with Crippen LogP contribution in [0.2, 0.25) is 0 Å². The highest BCUT2D eigenvalue weighted by Gasteiger charge is 2.09. The summed E-state index contributed by atoms with van der Waals surface area (Å²) in [7, 11) is 0. The molecule has 0 spiro atoms. The first kappa shape index (κ1) is 11.3. The quantitative estimate of drug-likeness (QED) is 0.675. The monoisotopic (exact) mass is 260 g/mol. The summed E-state index contributed by atoms with van der Waals surface area (Å²) in [6.45, 7) is 2.14. The van der Waals surface area contributed by atoms with E-state index >= 15 is 0 Å². The minimum atomic E-state index is 0.747.